The topological polar surface area (TPSA) is 111 Å². The number of amides is 2. The number of hydrogen-bond acceptors (Lipinski definition) is 5. The zero-order valence-corrected chi connectivity index (χ0v) is 12.2. The van der Waals surface area contributed by atoms with Gasteiger partial charge in [0.05, 0.1) is 18.4 Å². The zero-order chi connectivity index (χ0) is 16.1. The fourth-order valence-electron chi connectivity index (χ4n) is 2.18. The van der Waals surface area contributed by atoms with Crippen molar-refractivity contribution in [1.29, 1.82) is 0 Å². The molecule has 2 rings (SSSR count). The molecule has 1 aliphatic heterocycles. The van der Waals surface area contributed by atoms with Crippen LogP contribution in [0.5, 0.6) is 0 Å². The van der Waals surface area contributed by atoms with Gasteiger partial charge in [0.15, 0.2) is 0 Å². The molecule has 1 aromatic rings. The minimum atomic E-state index is -1.17. The van der Waals surface area contributed by atoms with Crippen LogP contribution in [0.3, 0.4) is 0 Å². The maximum atomic E-state index is 11.6. The molecule has 22 heavy (non-hydrogen) atoms. The van der Waals surface area contributed by atoms with E-state index in [2.05, 4.69) is 10.6 Å². The van der Waals surface area contributed by atoms with Crippen LogP contribution in [0.15, 0.2) is 18.2 Å². The highest BCUT2D eigenvalue weighted by molar-refractivity contribution is 5.89. The number of aliphatic hydroxyl groups is 1. The highest BCUT2D eigenvalue weighted by Gasteiger charge is 2.20. The number of carbonyl (C=O) groups is 2. The van der Waals surface area contributed by atoms with Gasteiger partial charge in [-0.05, 0) is 23.8 Å². The maximum absolute atomic E-state index is 11.6. The summed E-state index contributed by atoms with van der Waals surface area (Å²) >= 11 is 0. The van der Waals surface area contributed by atoms with Gasteiger partial charge < -0.3 is 25.6 Å². The molecule has 0 aromatic heterocycles. The van der Waals surface area contributed by atoms with Crippen molar-refractivity contribution in [2.75, 3.05) is 37.0 Å². The van der Waals surface area contributed by atoms with Crippen molar-refractivity contribution in [2.45, 2.75) is 12.5 Å². The number of carbonyl (C=O) groups excluding carboxylic acids is 1. The summed E-state index contributed by atoms with van der Waals surface area (Å²) in [6.07, 6.45) is -1.77. The molecule has 0 fully saturated rings. The van der Waals surface area contributed by atoms with Gasteiger partial charge in [0.25, 0.3) is 0 Å². The maximum Gasteiger partial charge on any atom is 0.414 e. The minimum Gasteiger partial charge on any atom is -0.465 e. The molecule has 0 spiro atoms. The van der Waals surface area contributed by atoms with Crippen LogP contribution in [0.25, 0.3) is 0 Å². The Labute approximate surface area is 127 Å². The third kappa shape index (κ3) is 4.01. The number of anilines is 2. The predicted octanol–water partition coefficient (Wildman–Crippen LogP) is 0.856. The number of nitrogens with one attached hydrogen (secondary N) is 2. The SMILES string of the molecule is CN1C(=O)OCCc2cc(NC[C@@H](O)CNC(=O)O)ccc21. The number of hydrogen-bond donors (Lipinski definition) is 4. The van der Waals surface area contributed by atoms with Crippen molar-refractivity contribution < 1.29 is 24.5 Å². The van der Waals surface area contributed by atoms with Crippen molar-refractivity contribution in [1.82, 2.24) is 5.32 Å². The van der Waals surface area contributed by atoms with E-state index >= 15 is 0 Å². The number of rotatable bonds is 5. The molecule has 1 aliphatic rings. The molecule has 8 nitrogen and oxygen atoms in total. The molecular weight excluding hydrogens is 290 g/mol. The molecule has 8 heteroatoms. The lowest BCUT2D eigenvalue weighted by Gasteiger charge is -2.18. The first-order valence-electron chi connectivity index (χ1n) is 6.89. The summed E-state index contributed by atoms with van der Waals surface area (Å²) in [4.78, 5) is 23.4. The highest BCUT2D eigenvalue weighted by Crippen LogP contribution is 2.26. The van der Waals surface area contributed by atoms with Gasteiger partial charge in [-0.15, -0.1) is 0 Å². The van der Waals surface area contributed by atoms with Gasteiger partial charge >= 0.3 is 12.2 Å². The molecule has 0 unspecified atom stereocenters. The molecule has 0 saturated carbocycles. The van der Waals surface area contributed by atoms with E-state index in [-0.39, 0.29) is 19.2 Å². The first kappa shape index (κ1) is 15.9. The van der Waals surface area contributed by atoms with Crippen LogP contribution in [-0.2, 0) is 11.2 Å². The lowest BCUT2D eigenvalue weighted by molar-refractivity contribution is 0.159. The first-order valence-corrected chi connectivity index (χ1v) is 6.89. The van der Waals surface area contributed by atoms with Gasteiger partial charge in [-0.25, -0.2) is 9.59 Å². The summed E-state index contributed by atoms with van der Waals surface area (Å²) in [7, 11) is 1.65. The average molecular weight is 309 g/mol. The molecular formula is C14H19N3O5. The largest absolute Gasteiger partial charge is 0.465 e. The van der Waals surface area contributed by atoms with Gasteiger partial charge in [-0.2, -0.15) is 0 Å². The molecule has 0 radical (unpaired) electrons. The second-order valence-electron chi connectivity index (χ2n) is 4.99. The van der Waals surface area contributed by atoms with E-state index in [0.29, 0.717) is 13.0 Å². The average Bonchev–Trinajstić information content (AvgIpc) is 2.63. The lowest BCUT2D eigenvalue weighted by Crippen LogP contribution is -2.34. The first-order chi connectivity index (χ1) is 10.5. The molecule has 1 aromatic carbocycles. The summed E-state index contributed by atoms with van der Waals surface area (Å²) in [5.41, 5.74) is 2.55. The fraction of sp³-hybridized carbons (Fsp3) is 0.429. The van der Waals surface area contributed by atoms with Gasteiger partial charge in [-0.3, -0.25) is 4.90 Å². The smallest absolute Gasteiger partial charge is 0.414 e. The molecule has 0 aliphatic carbocycles. The molecule has 120 valence electrons. The molecule has 4 N–H and O–H groups in total. The number of fused-ring (bicyclic) bond motifs is 1. The number of cyclic esters (lactones) is 1. The van der Waals surface area contributed by atoms with Crippen LogP contribution < -0.4 is 15.5 Å². The fourth-order valence-corrected chi connectivity index (χ4v) is 2.18. The second kappa shape index (κ2) is 6.99. The number of carboxylic acid groups (broad SMARTS) is 1. The van der Waals surface area contributed by atoms with Crippen LogP contribution in [-0.4, -0.2) is 55.2 Å². The highest BCUT2D eigenvalue weighted by atomic mass is 16.6. The predicted molar refractivity (Wildman–Crippen MR) is 80.4 cm³/mol. The van der Waals surface area contributed by atoms with Crippen LogP contribution in [0.4, 0.5) is 21.0 Å². The van der Waals surface area contributed by atoms with Gasteiger partial charge in [-0.1, -0.05) is 0 Å². The third-order valence-corrected chi connectivity index (χ3v) is 3.34. The van der Waals surface area contributed by atoms with E-state index in [0.717, 1.165) is 16.9 Å². The Bertz CT molecular complexity index is 563. The van der Waals surface area contributed by atoms with E-state index in [1.807, 2.05) is 12.1 Å². The lowest BCUT2D eigenvalue weighted by atomic mass is 10.1. The Morgan fingerprint density at radius 3 is 2.95 bits per heavy atom. The Balaban J connectivity index is 1.98. The standard InChI is InChI=1S/C14H19N3O5/c1-17-12-3-2-10(6-9(12)4-5-22-14(17)21)15-7-11(18)8-16-13(19)20/h2-3,6,11,15-16,18H,4-5,7-8H2,1H3,(H,19,20)/t11-/m1/s1. The quantitative estimate of drug-likeness (QED) is 0.642. The summed E-state index contributed by atoms with van der Waals surface area (Å²) in [5, 5.41) is 23.3. The van der Waals surface area contributed by atoms with E-state index in [9.17, 15) is 14.7 Å². The molecule has 1 heterocycles. The molecule has 2 amide bonds. The number of ether oxygens (including phenoxy) is 1. The Morgan fingerprint density at radius 1 is 1.45 bits per heavy atom. The summed E-state index contributed by atoms with van der Waals surface area (Å²) in [5.74, 6) is 0. The van der Waals surface area contributed by atoms with Crippen LogP contribution in [0.2, 0.25) is 0 Å². The summed E-state index contributed by atoms with van der Waals surface area (Å²) in [6.45, 7) is 0.494. The monoisotopic (exact) mass is 309 g/mol. The number of nitrogens with zero attached hydrogens (tertiary/aromatic N) is 1. The Hall–Kier alpha value is -2.48. The summed E-state index contributed by atoms with van der Waals surface area (Å²) < 4.78 is 5.05. The van der Waals surface area contributed by atoms with Crippen molar-refractivity contribution >= 4 is 23.6 Å². The van der Waals surface area contributed by atoms with Crippen molar-refractivity contribution in [2.24, 2.45) is 0 Å². The Morgan fingerprint density at radius 2 is 2.23 bits per heavy atom. The van der Waals surface area contributed by atoms with Crippen molar-refractivity contribution in [3.05, 3.63) is 23.8 Å². The summed E-state index contributed by atoms with van der Waals surface area (Å²) in [6, 6.07) is 5.50. The van der Waals surface area contributed by atoms with Gasteiger partial charge in [0.2, 0.25) is 0 Å². The van der Waals surface area contributed by atoms with E-state index in [1.54, 1.807) is 13.1 Å². The zero-order valence-electron chi connectivity index (χ0n) is 12.2. The van der Waals surface area contributed by atoms with Crippen molar-refractivity contribution in [3.63, 3.8) is 0 Å². The Kier molecular flexibility index (Phi) is 5.05. The van der Waals surface area contributed by atoms with Crippen LogP contribution in [0, 0.1) is 0 Å². The van der Waals surface area contributed by atoms with Gasteiger partial charge in [0.1, 0.15) is 0 Å². The molecule has 0 saturated heterocycles. The third-order valence-electron chi connectivity index (χ3n) is 3.34. The minimum absolute atomic E-state index is 0.0433. The second-order valence-corrected chi connectivity index (χ2v) is 4.99. The van der Waals surface area contributed by atoms with Crippen LogP contribution in [0.1, 0.15) is 5.56 Å². The number of benzene rings is 1. The molecule has 1 atom stereocenters. The van der Waals surface area contributed by atoms with E-state index in [1.165, 1.54) is 4.90 Å². The van der Waals surface area contributed by atoms with E-state index < -0.39 is 12.2 Å². The van der Waals surface area contributed by atoms with E-state index in [4.69, 9.17) is 9.84 Å². The number of aliphatic hydroxyl groups excluding tert-OH is 1. The van der Waals surface area contributed by atoms with Crippen molar-refractivity contribution in [3.8, 4) is 0 Å². The normalized spacial score (nSPS) is 15.4. The van der Waals surface area contributed by atoms with Crippen LogP contribution >= 0.6 is 0 Å². The van der Waals surface area contributed by atoms with Gasteiger partial charge in [0, 0.05) is 32.2 Å². The molecule has 0 bridgehead atoms.